The van der Waals surface area contributed by atoms with E-state index in [2.05, 4.69) is 6.92 Å². The summed E-state index contributed by atoms with van der Waals surface area (Å²) in [6.07, 6.45) is 3.42. The van der Waals surface area contributed by atoms with Gasteiger partial charge in [-0.1, -0.05) is 0 Å². The Morgan fingerprint density at radius 3 is 2.92 bits per heavy atom. The van der Waals surface area contributed by atoms with Gasteiger partial charge < -0.3 is 10.2 Å². The molecule has 0 aromatic carbocycles. The topological polar surface area (TPSA) is 39.2 Å². The van der Waals surface area contributed by atoms with Crippen LogP contribution in [0.1, 0.15) is 29.1 Å². The van der Waals surface area contributed by atoms with Crippen molar-refractivity contribution >= 4 is 0 Å². The highest BCUT2D eigenvalue weighted by atomic mass is 16.3. The van der Waals surface area contributed by atoms with Crippen molar-refractivity contribution in [2.75, 3.05) is 6.54 Å². The molecular formula is C11H17NO. The highest BCUT2D eigenvalue weighted by molar-refractivity contribution is 5.33. The van der Waals surface area contributed by atoms with Crippen LogP contribution in [0.2, 0.25) is 0 Å². The van der Waals surface area contributed by atoms with E-state index in [1.54, 1.807) is 0 Å². The zero-order chi connectivity index (χ0) is 9.42. The van der Waals surface area contributed by atoms with Crippen molar-refractivity contribution in [3.63, 3.8) is 0 Å². The van der Waals surface area contributed by atoms with E-state index in [4.69, 9.17) is 10.2 Å². The third-order valence-electron chi connectivity index (χ3n) is 3.20. The Kier molecular flexibility index (Phi) is 2.16. The number of aryl methyl sites for hydroxylation is 1. The summed E-state index contributed by atoms with van der Waals surface area (Å²) in [5, 5.41) is 0. The van der Waals surface area contributed by atoms with Crippen molar-refractivity contribution in [1.29, 1.82) is 0 Å². The Labute approximate surface area is 79.1 Å². The molecule has 2 N–H and O–H groups in total. The standard InChI is InChI=1S/C11H17NO/c1-7-8(2)13-11-5-9(6-12)3-4-10(7)11/h9H,3-6,12H2,1-2H3. The average Bonchev–Trinajstić information content (AvgIpc) is 2.42. The lowest BCUT2D eigenvalue weighted by Gasteiger charge is -2.19. The Balaban J connectivity index is 2.31. The lowest BCUT2D eigenvalue weighted by molar-refractivity contribution is 0.389. The minimum absolute atomic E-state index is 0.637. The third-order valence-corrected chi connectivity index (χ3v) is 3.20. The molecule has 0 saturated carbocycles. The summed E-state index contributed by atoms with van der Waals surface area (Å²) in [5.74, 6) is 2.91. The summed E-state index contributed by atoms with van der Waals surface area (Å²) in [5.41, 5.74) is 8.46. The fraction of sp³-hybridized carbons (Fsp3) is 0.636. The van der Waals surface area contributed by atoms with Crippen molar-refractivity contribution in [3.05, 3.63) is 22.6 Å². The second-order valence-corrected chi connectivity index (χ2v) is 4.03. The molecule has 1 aromatic heterocycles. The van der Waals surface area contributed by atoms with E-state index in [0.29, 0.717) is 5.92 Å². The van der Waals surface area contributed by atoms with Crippen molar-refractivity contribution in [3.8, 4) is 0 Å². The molecular weight excluding hydrogens is 162 g/mol. The number of nitrogens with two attached hydrogens (primary N) is 1. The first kappa shape index (κ1) is 8.82. The van der Waals surface area contributed by atoms with E-state index < -0.39 is 0 Å². The van der Waals surface area contributed by atoms with E-state index in [9.17, 15) is 0 Å². The van der Waals surface area contributed by atoms with Crippen LogP contribution in [0, 0.1) is 19.8 Å². The van der Waals surface area contributed by atoms with Crippen molar-refractivity contribution in [1.82, 2.24) is 0 Å². The molecule has 0 fully saturated rings. The van der Waals surface area contributed by atoms with E-state index in [-0.39, 0.29) is 0 Å². The van der Waals surface area contributed by atoms with E-state index in [1.165, 1.54) is 23.3 Å². The van der Waals surface area contributed by atoms with E-state index in [1.807, 2.05) is 6.92 Å². The van der Waals surface area contributed by atoms with Gasteiger partial charge in [0.25, 0.3) is 0 Å². The van der Waals surface area contributed by atoms with Crippen molar-refractivity contribution in [2.24, 2.45) is 11.7 Å². The Morgan fingerprint density at radius 2 is 2.23 bits per heavy atom. The average molecular weight is 179 g/mol. The van der Waals surface area contributed by atoms with Gasteiger partial charge >= 0.3 is 0 Å². The van der Waals surface area contributed by atoms with Crippen molar-refractivity contribution in [2.45, 2.75) is 33.1 Å². The largest absolute Gasteiger partial charge is 0.466 e. The second kappa shape index (κ2) is 3.18. The molecule has 1 heterocycles. The van der Waals surface area contributed by atoms with E-state index >= 15 is 0 Å². The van der Waals surface area contributed by atoms with Gasteiger partial charge in [0.05, 0.1) is 0 Å². The van der Waals surface area contributed by atoms with Crippen LogP contribution >= 0.6 is 0 Å². The summed E-state index contributed by atoms with van der Waals surface area (Å²) in [6, 6.07) is 0. The summed E-state index contributed by atoms with van der Waals surface area (Å²) < 4.78 is 5.71. The zero-order valence-corrected chi connectivity index (χ0v) is 8.39. The fourth-order valence-corrected chi connectivity index (χ4v) is 2.15. The molecule has 2 heteroatoms. The Morgan fingerprint density at radius 1 is 1.46 bits per heavy atom. The van der Waals surface area contributed by atoms with Gasteiger partial charge in [-0.3, -0.25) is 0 Å². The molecule has 0 spiro atoms. The Hall–Kier alpha value is -0.760. The third kappa shape index (κ3) is 1.39. The summed E-state index contributed by atoms with van der Waals surface area (Å²) in [6.45, 7) is 4.99. The second-order valence-electron chi connectivity index (χ2n) is 4.03. The van der Waals surface area contributed by atoms with Crippen LogP contribution in [0.3, 0.4) is 0 Å². The lowest BCUT2D eigenvalue weighted by Crippen LogP contribution is -2.21. The molecule has 1 aliphatic rings. The molecule has 1 aliphatic carbocycles. The molecule has 0 radical (unpaired) electrons. The van der Waals surface area contributed by atoms with Gasteiger partial charge in [-0.2, -0.15) is 0 Å². The zero-order valence-electron chi connectivity index (χ0n) is 8.39. The van der Waals surface area contributed by atoms with Gasteiger partial charge in [-0.25, -0.2) is 0 Å². The van der Waals surface area contributed by atoms with Crippen molar-refractivity contribution < 1.29 is 4.42 Å². The van der Waals surface area contributed by atoms with Gasteiger partial charge in [0, 0.05) is 6.42 Å². The molecule has 2 rings (SSSR count). The Bertz CT molecular complexity index is 314. The minimum atomic E-state index is 0.637. The number of fused-ring (bicyclic) bond motifs is 1. The smallest absolute Gasteiger partial charge is 0.107 e. The van der Waals surface area contributed by atoms with Crippen LogP contribution < -0.4 is 5.73 Å². The van der Waals surface area contributed by atoms with Gasteiger partial charge in [-0.05, 0) is 50.3 Å². The van der Waals surface area contributed by atoms with Crippen LogP contribution in [-0.2, 0) is 12.8 Å². The molecule has 1 aromatic rings. The summed E-state index contributed by atoms with van der Waals surface area (Å²) in [7, 11) is 0. The molecule has 13 heavy (non-hydrogen) atoms. The van der Waals surface area contributed by atoms with Gasteiger partial charge in [0.1, 0.15) is 11.5 Å². The number of hydrogen-bond acceptors (Lipinski definition) is 2. The number of rotatable bonds is 1. The van der Waals surface area contributed by atoms with Crippen LogP contribution in [-0.4, -0.2) is 6.54 Å². The molecule has 1 unspecified atom stereocenters. The van der Waals surface area contributed by atoms with Crippen LogP contribution in [0.4, 0.5) is 0 Å². The highest BCUT2D eigenvalue weighted by Gasteiger charge is 2.23. The van der Waals surface area contributed by atoms with Gasteiger partial charge in [0.15, 0.2) is 0 Å². The maximum Gasteiger partial charge on any atom is 0.107 e. The first-order chi connectivity index (χ1) is 6.22. The first-order valence-corrected chi connectivity index (χ1v) is 5.00. The first-order valence-electron chi connectivity index (χ1n) is 5.00. The maximum atomic E-state index is 5.71. The minimum Gasteiger partial charge on any atom is -0.466 e. The number of hydrogen-bond donors (Lipinski definition) is 1. The number of furan rings is 1. The SMILES string of the molecule is Cc1oc2c(c1C)CCC(CN)C2. The fourth-order valence-electron chi connectivity index (χ4n) is 2.15. The predicted octanol–water partition coefficient (Wildman–Crippen LogP) is 1.96. The van der Waals surface area contributed by atoms with Crippen LogP contribution in [0.5, 0.6) is 0 Å². The van der Waals surface area contributed by atoms with Gasteiger partial charge in [-0.15, -0.1) is 0 Å². The van der Waals surface area contributed by atoms with Crippen LogP contribution in [0.15, 0.2) is 4.42 Å². The summed E-state index contributed by atoms with van der Waals surface area (Å²) in [4.78, 5) is 0. The molecule has 0 aliphatic heterocycles. The molecule has 0 amide bonds. The maximum absolute atomic E-state index is 5.71. The highest BCUT2D eigenvalue weighted by Crippen LogP contribution is 2.30. The van der Waals surface area contributed by atoms with Crippen LogP contribution in [0.25, 0.3) is 0 Å². The quantitative estimate of drug-likeness (QED) is 0.715. The van der Waals surface area contributed by atoms with E-state index in [0.717, 1.165) is 25.1 Å². The predicted molar refractivity (Wildman–Crippen MR) is 52.8 cm³/mol. The molecule has 1 atom stereocenters. The summed E-state index contributed by atoms with van der Waals surface area (Å²) >= 11 is 0. The molecule has 2 nitrogen and oxygen atoms in total. The molecule has 72 valence electrons. The van der Waals surface area contributed by atoms with Gasteiger partial charge in [0.2, 0.25) is 0 Å². The lowest BCUT2D eigenvalue weighted by atomic mass is 9.87. The normalized spacial score (nSPS) is 21.6. The monoisotopic (exact) mass is 179 g/mol. The molecule has 0 saturated heterocycles. The molecule has 0 bridgehead atoms.